The molecule has 5 heteroatoms. The Kier molecular flexibility index (Phi) is 9.83. The zero-order valence-corrected chi connectivity index (χ0v) is 14.8. The molecule has 126 valence electrons. The van der Waals surface area contributed by atoms with Gasteiger partial charge in [-0.2, -0.15) is 0 Å². The lowest BCUT2D eigenvalue weighted by Crippen LogP contribution is -2.43. The maximum absolute atomic E-state index is 12.7. The molecule has 0 saturated carbocycles. The minimum atomic E-state index is -0.0961. The van der Waals surface area contributed by atoms with E-state index in [1.165, 1.54) is 0 Å². The number of nitrogens with zero attached hydrogens (tertiary/aromatic N) is 2. The highest BCUT2D eigenvalue weighted by Gasteiger charge is 2.27. The van der Waals surface area contributed by atoms with E-state index in [0.29, 0.717) is 19.7 Å². The molecule has 1 amide bonds. The van der Waals surface area contributed by atoms with Crippen LogP contribution in [0.3, 0.4) is 0 Å². The summed E-state index contributed by atoms with van der Waals surface area (Å²) in [6.45, 7) is 9.80. The van der Waals surface area contributed by atoms with Crippen LogP contribution in [-0.4, -0.2) is 69.7 Å². The van der Waals surface area contributed by atoms with Gasteiger partial charge in [0.1, 0.15) is 0 Å². The van der Waals surface area contributed by atoms with Gasteiger partial charge in [0, 0.05) is 26.7 Å². The van der Waals surface area contributed by atoms with Crippen LogP contribution in [0.25, 0.3) is 0 Å². The van der Waals surface area contributed by atoms with E-state index in [4.69, 9.17) is 10.5 Å². The lowest BCUT2D eigenvalue weighted by molar-refractivity contribution is -0.137. The topological polar surface area (TPSA) is 58.8 Å². The van der Waals surface area contributed by atoms with Crippen LogP contribution >= 0.6 is 0 Å². The first-order chi connectivity index (χ1) is 9.71. The van der Waals surface area contributed by atoms with Gasteiger partial charge in [-0.25, -0.2) is 0 Å². The van der Waals surface area contributed by atoms with E-state index >= 15 is 0 Å². The van der Waals surface area contributed by atoms with Gasteiger partial charge in [-0.3, -0.25) is 4.79 Å². The molecule has 0 aliphatic heterocycles. The number of carbonyl (C=O) groups excluding carboxylic acids is 1. The highest BCUT2D eigenvalue weighted by Crippen LogP contribution is 2.25. The second kappa shape index (κ2) is 10.1. The van der Waals surface area contributed by atoms with Gasteiger partial charge in [-0.15, -0.1) is 0 Å². The van der Waals surface area contributed by atoms with Gasteiger partial charge < -0.3 is 20.3 Å². The summed E-state index contributed by atoms with van der Waals surface area (Å²) >= 11 is 0. The number of rotatable bonds is 10. The van der Waals surface area contributed by atoms with E-state index in [1.807, 2.05) is 19.0 Å². The quantitative estimate of drug-likeness (QED) is 0.663. The van der Waals surface area contributed by atoms with E-state index in [0.717, 1.165) is 25.9 Å². The summed E-state index contributed by atoms with van der Waals surface area (Å²) in [6, 6.07) is 0. The Hall–Kier alpha value is -0.650. The van der Waals surface area contributed by atoms with Crippen molar-refractivity contribution >= 4 is 5.91 Å². The van der Waals surface area contributed by atoms with Crippen LogP contribution in [0, 0.1) is 11.3 Å². The third-order valence-corrected chi connectivity index (χ3v) is 3.40. The minimum absolute atomic E-state index is 0.0961. The number of ether oxygens (including phenoxy) is 1. The van der Waals surface area contributed by atoms with Crippen molar-refractivity contribution in [1.29, 1.82) is 0 Å². The second-order valence-electron chi connectivity index (χ2n) is 7.17. The molecule has 0 fully saturated rings. The molecule has 2 N–H and O–H groups in total. The predicted octanol–water partition coefficient (Wildman–Crippen LogP) is 1.42. The smallest absolute Gasteiger partial charge is 0.227 e. The van der Waals surface area contributed by atoms with Crippen molar-refractivity contribution in [2.75, 3.05) is 54.0 Å². The molecule has 0 aromatic rings. The van der Waals surface area contributed by atoms with E-state index < -0.39 is 0 Å². The van der Waals surface area contributed by atoms with Gasteiger partial charge in [-0.1, -0.05) is 20.8 Å². The van der Waals surface area contributed by atoms with Crippen LogP contribution in [0.4, 0.5) is 0 Å². The Labute approximate surface area is 130 Å². The molecule has 0 heterocycles. The first kappa shape index (κ1) is 20.3. The zero-order valence-electron chi connectivity index (χ0n) is 14.8. The van der Waals surface area contributed by atoms with Crippen LogP contribution in [-0.2, 0) is 9.53 Å². The van der Waals surface area contributed by atoms with Crippen molar-refractivity contribution < 1.29 is 9.53 Å². The molecule has 0 spiro atoms. The van der Waals surface area contributed by atoms with Crippen molar-refractivity contribution in [1.82, 2.24) is 9.80 Å². The summed E-state index contributed by atoms with van der Waals surface area (Å²) in [7, 11) is 5.76. The Morgan fingerprint density at radius 3 is 2.24 bits per heavy atom. The fourth-order valence-electron chi connectivity index (χ4n) is 2.38. The third-order valence-electron chi connectivity index (χ3n) is 3.40. The standard InChI is InChI=1S/C16H35N3O2/c1-16(2,3)12-14(13-17)15(20)19(10-11-21-6)9-7-8-18(4)5/h14H,7-13,17H2,1-6H3. The predicted molar refractivity (Wildman–Crippen MR) is 88.2 cm³/mol. The summed E-state index contributed by atoms with van der Waals surface area (Å²) in [5.74, 6) is 0.0736. The molecular weight excluding hydrogens is 266 g/mol. The molecule has 0 saturated heterocycles. The summed E-state index contributed by atoms with van der Waals surface area (Å²) in [5.41, 5.74) is 5.94. The zero-order chi connectivity index (χ0) is 16.5. The number of carbonyl (C=O) groups is 1. The molecule has 0 aliphatic rings. The average molecular weight is 301 g/mol. The molecule has 1 atom stereocenters. The Morgan fingerprint density at radius 1 is 1.19 bits per heavy atom. The Bertz CT molecular complexity index is 288. The van der Waals surface area contributed by atoms with E-state index in [2.05, 4.69) is 25.7 Å². The van der Waals surface area contributed by atoms with E-state index in [1.54, 1.807) is 7.11 Å². The molecule has 0 aromatic carbocycles. The molecule has 21 heavy (non-hydrogen) atoms. The van der Waals surface area contributed by atoms with Crippen LogP contribution in [0.15, 0.2) is 0 Å². The highest BCUT2D eigenvalue weighted by molar-refractivity contribution is 5.79. The molecule has 0 rings (SSSR count). The second-order valence-corrected chi connectivity index (χ2v) is 7.17. The van der Waals surface area contributed by atoms with Crippen LogP contribution in [0.5, 0.6) is 0 Å². The van der Waals surface area contributed by atoms with Gasteiger partial charge in [0.15, 0.2) is 0 Å². The van der Waals surface area contributed by atoms with Crippen molar-refractivity contribution in [2.24, 2.45) is 17.1 Å². The van der Waals surface area contributed by atoms with Crippen molar-refractivity contribution in [2.45, 2.75) is 33.6 Å². The fraction of sp³-hybridized carbons (Fsp3) is 0.938. The molecular formula is C16H35N3O2. The average Bonchev–Trinajstić information content (AvgIpc) is 2.37. The van der Waals surface area contributed by atoms with Crippen LogP contribution < -0.4 is 5.73 Å². The number of amides is 1. The molecule has 0 aliphatic carbocycles. The lowest BCUT2D eigenvalue weighted by Gasteiger charge is -2.30. The van der Waals surface area contributed by atoms with Crippen molar-refractivity contribution in [3.8, 4) is 0 Å². The molecule has 0 aromatic heterocycles. The van der Waals surface area contributed by atoms with Gasteiger partial charge in [-0.05, 0) is 38.9 Å². The number of hydrogen-bond acceptors (Lipinski definition) is 4. The van der Waals surface area contributed by atoms with Gasteiger partial charge in [0.25, 0.3) is 0 Å². The summed E-state index contributed by atoms with van der Waals surface area (Å²) < 4.78 is 5.13. The maximum Gasteiger partial charge on any atom is 0.227 e. The number of methoxy groups -OCH3 is 1. The molecule has 0 radical (unpaired) electrons. The van der Waals surface area contributed by atoms with Crippen molar-refractivity contribution in [3.63, 3.8) is 0 Å². The number of hydrogen-bond donors (Lipinski definition) is 1. The van der Waals surface area contributed by atoms with Crippen LogP contribution in [0.2, 0.25) is 0 Å². The number of nitrogens with two attached hydrogens (primary N) is 1. The maximum atomic E-state index is 12.7. The third kappa shape index (κ3) is 9.82. The largest absolute Gasteiger partial charge is 0.383 e. The van der Waals surface area contributed by atoms with Gasteiger partial charge in [0.05, 0.1) is 12.5 Å². The van der Waals surface area contributed by atoms with Gasteiger partial charge >= 0.3 is 0 Å². The molecule has 0 bridgehead atoms. The Balaban J connectivity index is 4.65. The molecule has 1 unspecified atom stereocenters. The first-order valence-electron chi connectivity index (χ1n) is 7.83. The molecule has 5 nitrogen and oxygen atoms in total. The van der Waals surface area contributed by atoms with E-state index in [-0.39, 0.29) is 17.2 Å². The Morgan fingerprint density at radius 2 is 1.81 bits per heavy atom. The van der Waals surface area contributed by atoms with Crippen molar-refractivity contribution in [3.05, 3.63) is 0 Å². The minimum Gasteiger partial charge on any atom is -0.383 e. The normalized spacial score (nSPS) is 13.5. The highest BCUT2D eigenvalue weighted by atomic mass is 16.5. The first-order valence-corrected chi connectivity index (χ1v) is 7.83. The van der Waals surface area contributed by atoms with Crippen LogP contribution in [0.1, 0.15) is 33.6 Å². The van der Waals surface area contributed by atoms with Gasteiger partial charge in [0.2, 0.25) is 5.91 Å². The summed E-state index contributed by atoms with van der Waals surface area (Å²) in [4.78, 5) is 16.8. The fourth-order valence-corrected chi connectivity index (χ4v) is 2.38. The summed E-state index contributed by atoms with van der Waals surface area (Å²) in [5, 5.41) is 0. The lowest BCUT2D eigenvalue weighted by atomic mass is 9.84. The SMILES string of the molecule is COCCN(CCCN(C)C)C(=O)C(CN)CC(C)(C)C. The summed E-state index contributed by atoms with van der Waals surface area (Å²) in [6.07, 6.45) is 1.79. The monoisotopic (exact) mass is 301 g/mol. The van der Waals surface area contributed by atoms with E-state index in [9.17, 15) is 4.79 Å².